The van der Waals surface area contributed by atoms with Crippen molar-refractivity contribution in [1.29, 1.82) is 0 Å². The van der Waals surface area contributed by atoms with Gasteiger partial charge in [-0.2, -0.15) is 0 Å². The Labute approximate surface area is 180 Å². The van der Waals surface area contributed by atoms with E-state index in [0.29, 0.717) is 18.7 Å². The summed E-state index contributed by atoms with van der Waals surface area (Å²) in [5, 5.41) is 28.8. The third-order valence-electron chi connectivity index (χ3n) is 4.19. The lowest BCUT2D eigenvalue weighted by molar-refractivity contribution is -0.135. The van der Waals surface area contributed by atoms with Crippen LogP contribution in [0.1, 0.15) is 37.0 Å². The minimum absolute atomic E-state index is 0.359. The molecule has 0 aliphatic carbocycles. The van der Waals surface area contributed by atoms with Crippen LogP contribution in [0.2, 0.25) is 0 Å². The number of aliphatic hydroxyl groups is 1. The number of benzene rings is 1. The molecule has 1 unspecified atom stereocenters. The molecule has 0 bridgehead atoms. The van der Waals surface area contributed by atoms with E-state index < -0.39 is 17.5 Å². The van der Waals surface area contributed by atoms with Crippen LogP contribution in [0.25, 0.3) is 11.4 Å². The predicted molar refractivity (Wildman–Crippen MR) is 113 cm³/mol. The lowest BCUT2D eigenvalue weighted by Crippen LogP contribution is -2.48. The van der Waals surface area contributed by atoms with E-state index in [0.717, 1.165) is 44.6 Å². The molecular formula is C21H29N3O7. The Morgan fingerprint density at radius 1 is 1.16 bits per heavy atom. The molecule has 0 saturated carbocycles. The number of methoxy groups -OCH3 is 1. The van der Waals surface area contributed by atoms with Crippen LogP contribution in [0.3, 0.4) is 0 Å². The van der Waals surface area contributed by atoms with E-state index >= 15 is 0 Å². The second-order valence-corrected chi connectivity index (χ2v) is 6.99. The van der Waals surface area contributed by atoms with Crippen LogP contribution in [0.5, 0.6) is 0 Å². The lowest BCUT2D eigenvalue weighted by Gasteiger charge is -2.33. The van der Waals surface area contributed by atoms with E-state index in [9.17, 15) is 9.90 Å². The van der Waals surface area contributed by atoms with Crippen LogP contribution in [-0.4, -0.2) is 68.6 Å². The molecule has 10 heteroatoms. The van der Waals surface area contributed by atoms with E-state index in [-0.39, 0.29) is 5.97 Å². The minimum atomic E-state index is -0.833. The molecule has 1 saturated heterocycles. The highest BCUT2D eigenvalue weighted by Crippen LogP contribution is 2.23. The first-order valence-electron chi connectivity index (χ1n) is 9.60. The monoisotopic (exact) mass is 435 g/mol. The van der Waals surface area contributed by atoms with E-state index in [1.54, 1.807) is 18.3 Å². The normalized spacial score (nSPS) is 17.3. The average Bonchev–Trinajstić information content (AvgIpc) is 3.14. The molecular weight excluding hydrogens is 406 g/mol. The van der Waals surface area contributed by atoms with Gasteiger partial charge in [-0.1, -0.05) is 12.1 Å². The quantitative estimate of drug-likeness (QED) is 0.525. The van der Waals surface area contributed by atoms with Crippen molar-refractivity contribution in [1.82, 2.24) is 14.9 Å². The van der Waals surface area contributed by atoms with Crippen molar-refractivity contribution < 1.29 is 34.4 Å². The van der Waals surface area contributed by atoms with Crippen molar-refractivity contribution in [3.8, 4) is 11.4 Å². The van der Waals surface area contributed by atoms with Crippen molar-refractivity contribution in [2.75, 3.05) is 20.2 Å². The van der Waals surface area contributed by atoms with Gasteiger partial charge in [-0.05, 0) is 31.5 Å². The van der Waals surface area contributed by atoms with Crippen LogP contribution >= 0.6 is 0 Å². The first-order valence-corrected chi connectivity index (χ1v) is 9.60. The van der Waals surface area contributed by atoms with Crippen molar-refractivity contribution in [2.24, 2.45) is 0 Å². The summed E-state index contributed by atoms with van der Waals surface area (Å²) < 4.78 is 6.66. The number of rotatable bonds is 4. The Balaban J connectivity index is 0.000000519. The summed E-state index contributed by atoms with van der Waals surface area (Å²) in [4.78, 5) is 33.9. The largest absolute Gasteiger partial charge is 0.481 e. The van der Waals surface area contributed by atoms with Crippen LogP contribution in [0, 0.1) is 0 Å². The van der Waals surface area contributed by atoms with Gasteiger partial charge in [0.1, 0.15) is 5.82 Å². The molecule has 4 N–H and O–H groups in total. The number of piperidine rings is 1. The third kappa shape index (κ3) is 9.41. The van der Waals surface area contributed by atoms with Gasteiger partial charge in [0.15, 0.2) is 0 Å². The molecule has 10 nitrogen and oxygen atoms in total. The molecule has 31 heavy (non-hydrogen) atoms. The number of nitrogens with zero attached hydrogens (tertiary/aromatic N) is 2. The summed E-state index contributed by atoms with van der Waals surface area (Å²) in [6, 6.07) is 7.12. The third-order valence-corrected chi connectivity index (χ3v) is 4.19. The van der Waals surface area contributed by atoms with Gasteiger partial charge in [-0.3, -0.25) is 9.59 Å². The Kier molecular flexibility index (Phi) is 10.4. The first kappa shape index (κ1) is 25.8. The summed E-state index contributed by atoms with van der Waals surface area (Å²) >= 11 is 0. The van der Waals surface area contributed by atoms with Gasteiger partial charge < -0.3 is 29.9 Å². The number of imidazole rings is 1. The standard InChI is InChI=1S/C17H21N3O3.2C2H4O2/c1-23-16(21)14-5-3-13(4-6-14)15-19-9-10-20(15)12-17(22)7-2-8-18-11-17;2*1-2(3)4/h3-6,9-10,18,22H,2,7-8,11-12H2,1H3;2*1H3,(H,3,4). The van der Waals surface area contributed by atoms with Crippen molar-refractivity contribution in [3.05, 3.63) is 42.2 Å². The maximum Gasteiger partial charge on any atom is 0.337 e. The molecule has 0 amide bonds. The van der Waals surface area contributed by atoms with E-state index in [4.69, 9.17) is 24.5 Å². The fourth-order valence-corrected chi connectivity index (χ4v) is 2.97. The molecule has 1 aromatic carbocycles. The molecule has 1 aromatic heterocycles. The lowest BCUT2D eigenvalue weighted by atomic mass is 9.94. The molecule has 2 heterocycles. The molecule has 1 fully saturated rings. The Morgan fingerprint density at radius 2 is 1.74 bits per heavy atom. The first-order chi connectivity index (χ1) is 14.6. The van der Waals surface area contributed by atoms with Gasteiger partial charge in [0, 0.05) is 38.3 Å². The molecule has 2 aromatic rings. The predicted octanol–water partition coefficient (Wildman–Crippen LogP) is 1.63. The van der Waals surface area contributed by atoms with Gasteiger partial charge in [-0.25, -0.2) is 9.78 Å². The number of hydrogen-bond donors (Lipinski definition) is 4. The SMILES string of the molecule is CC(=O)O.CC(=O)O.COC(=O)c1ccc(-c2nccn2CC2(O)CCCNC2)cc1. The molecule has 3 rings (SSSR count). The average molecular weight is 435 g/mol. The van der Waals surface area contributed by atoms with E-state index in [1.807, 2.05) is 22.9 Å². The molecule has 0 spiro atoms. The van der Waals surface area contributed by atoms with Crippen molar-refractivity contribution >= 4 is 17.9 Å². The number of β-amino-alcohol motifs (C(OH)–C–C–N with tert-alkyl or cyclic N) is 1. The van der Waals surface area contributed by atoms with E-state index in [2.05, 4.69) is 10.3 Å². The van der Waals surface area contributed by atoms with Gasteiger partial charge in [0.05, 0.1) is 24.8 Å². The fraction of sp³-hybridized carbons (Fsp3) is 0.429. The maximum atomic E-state index is 11.5. The summed E-state index contributed by atoms with van der Waals surface area (Å²) in [5.41, 5.74) is 0.652. The zero-order chi connectivity index (χ0) is 23.4. The van der Waals surface area contributed by atoms with Crippen LogP contribution in [0.15, 0.2) is 36.7 Å². The highest BCUT2D eigenvalue weighted by molar-refractivity contribution is 5.89. The minimum Gasteiger partial charge on any atom is -0.481 e. The fourth-order valence-electron chi connectivity index (χ4n) is 2.97. The topological polar surface area (TPSA) is 151 Å². The summed E-state index contributed by atoms with van der Waals surface area (Å²) in [7, 11) is 1.36. The zero-order valence-corrected chi connectivity index (χ0v) is 17.9. The van der Waals surface area contributed by atoms with Crippen LogP contribution in [0.4, 0.5) is 0 Å². The maximum absolute atomic E-state index is 11.5. The number of carbonyl (C=O) groups is 3. The Bertz CT molecular complexity index is 836. The molecule has 170 valence electrons. The van der Waals surface area contributed by atoms with Crippen LogP contribution < -0.4 is 5.32 Å². The number of aliphatic carboxylic acids is 2. The Morgan fingerprint density at radius 3 is 2.23 bits per heavy atom. The summed E-state index contributed by atoms with van der Waals surface area (Å²) in [5.74, 6) is -1.25. The Hall–Kier alpha value is -3.24. The number of aromatic nitrogens is 2. The molecule has 1 atom stereocenters. The van der Waals surface area contributed by atoms with Crippen molar-refractivity contribution in [2.45, 2.75) is 38.8 Å². The number of carboxylic acid groups (broad SMARTS) is 2. The smallest absolute Gasteiger partial charge is 0.337 e. The van der Waals surface area contributed by atoms with Gasteiger partial charge in [-0.15, -0.1) is 0 Å². The van der Waals surface area contributed by atoms with Gasteiger partial charge in [0.25, 0.3) is 11.9 Å². The number of ether oxygens (including phenoxy) is 1. The summed E-state index contributed by atoms with van der Waals surface area (Å²) in [6.07, 6.45) is 5.34. The molecule has 1 aliphatic rings. The highest BCUT2D eigenvalue weighted by Gasteiger charge is 2.30. The summed E-state index contributed by atoms with van der Waals surface area (Å²) in [6.45, 7) is 4.20. The number of hydrogen-bond acceptors (Lipinski definition) is 7. The van der Waals surface area contributed by atoms with E-state index in [1.165, 1.54) is 7.11 Å². The van der Waals surface area contributed by atoms with Gasteiger partial charge in [0.2, 0.25) is 0 Å². The zero-order valence-electron chi connectivity index (χ0n) is 17.9. The second kappa shape index (κ2) is 12.5. The second-order valence-electron chi connectivity index (χ2n) is 6.99. The van der Waals surface area contributed by atoms with Gasteiger partial charge >= 0.3 is 5.97 Å². The van der Waals surface area contributed by atoms with Crippen molar-refractivity contribution in [3.63, 3.8) is 0 Å². The number of nitrogens with one attached hydrogen (secondary N) is 1. The highest BCUT2D eigenvalue weighted by atomic mass is 16.5. The number of carbonyl (C=O) groups excluding carboxylic acids is 1. The molecule has 0 radical (unpaired) electrons. The number of carboxylic acids is 2. The molecule has 1 aliphatic heterocycles. The number of esters is 1. The van der Waals surface area contributed by atoms with Crippen LogP contribution in [-0.2, 0) is 20.9 Å².